The van der Waals surface area contributed by atoms with Crippen molar-refractivity contribution >= 4 is 5.91 Å². The minimum atomic E-state index is -0.617. The second kappa shape index (κ2) is 15.3. The number of nitrogens with one attached hydrogen (secondary N) is 1. The van der Waals surface area contributed by atoms with Crippen LogP contribution in [0.15, 0.2) is 97.5 Å². The molecule has 1 heterocycles. The van der Waals surface area contributed by atoms with E-state index in [-0.39, 0.29) is 17.1 Å². The summed E-state index contributed by atoms with van der Waals surface area (Å²) in [6, 6.07) is 22.8. The monoisotopic (exact) mass is 591 g/mol. The van der Waals surface area contributed by atoms with Gasteiger partial charge in [0.25, 0.3) is 5.91 Å². The average Bonchev–Trinajstić information content (AvgIpc) is 3.03. The first-order valence-corrected chi connectivity index (χ1v) is 15.6. The Kier molecular flexibility index (Phi) is 11.3. The summed E-state index contributed by atoms with van der Waals surface area (Å²) in [6.45, 7) is 13.1. The van der Waals surface area contributed by atoms with Gasteiger partial charge in [-0.25, -0.2) is 9.97 Å². The number of nitrogens with zero attached hydrogens (tertiary/aromatic N) is 2. The number of carbonyl (C=O) groups excluding carboxylic acids is 1. The predicted molar refractivity (Wildman–Crippen MR) is 179 cm³/mol. The van der Waals surface area contributed by atoms with Gasteiger partial charge in [-0.15, -0.1) is 0 Å². The third kappa shape index (κ3) is 9.27. The summed E-state index contributed by atoms with van der Waals surface area (Å²) in [5.74, 6) is 1.16. The fourth-order valence-electron chi connectivity index (χ4n) is 4.91. The number of ether oxygens (including phenoxy) is 1. The largest absolute Gasteiger partial charge is 0.511 e. The lowest BCUT2D eigenvalue weighted by Crippen LogP contribution is -2.37. The predicted octanol–water partition coefficient (Wildman–Crippen LogP) is 8.87. The van der Waals surface area contributed by atoms with Gasteiger partial charge in [-0.1, -0.05) is 108 Å². The summed E-state index contributed by atoms with van der Waals surface area (Å²) in [7, 11) is 0. The number of aliphatic hydroxyl groups is 1. The van der Waals surface area contributed by atoms with Crippen molar-refractivity contribution in [1.29, 1.82) is 0 Å². The van der Waals surface area contributed by atoms with Gasteiger partial charge in [0.2, 0.25) is 0 Å². The molecule has 0 radical (unpaired) electrons. The molecule has 6 heteroatoms. The number of rotatable bonds is 14. The number of hydrogen-bond acceptors (Lipinski definition) is 5. The molecule has 4 rings (SSSR count). The van der Waals surface area contributed by atoms with Gasteiger partial charge in [-0.2, -0.15) is 0 Å². The summed E-state index contributed by atoms with van der Waals surface area (Å²) < 4.78 is 5.88. The molecular formula is C38H45N3O3. The van der Waals surface area contributed by atoms with E-state index < -0.39 is 6.04 Å². The maximum Gasteiger partial charge on any atom is 0.251 e. The van der Waals surface area contributed by atoms with Crippen molar-refractivity contribution in [3.05, 3.63) is 114 Å². The Hall–Kier alpha value is -4.45. The number of unbranched alkanes of at least 4 members (excludes halogenated alkanes) is 4. The summed E-state index contributed by atoms with van der Waals surface area (Å²) >= 11 is 0. The third-order valence-electron chi connectivity index (χ3n) is 7.73. The van der Waals surface area contributed by atoms with Gasteiger partial charge in [0, 0.05) is 29.1 Å². The second-order valence-corrected chi connectivity index (χ2v) is 12.3. The molecule has 0 unspecified atom stereocenters. The molecule has 44 heavy (non-hydrogen) atoms. The van der Waals surface area contributed by atoms with E-state index in [1.54, 1.807) is 0 Å². The third-order valence-corrected chi connectivity index (χ3v) is 7.73. The first-order valence-electron chi connectivity index (χ1n) is 15.6. The van der Waals surface area contributed by atoms with Crippen LogP contribution in [0.2, 0.25) is 0 Å². The van der Waals surface area contributed by atoms with Crippen molar-refractivity contribution in [2.45, 2.75) is 77.7 Å². The number of benzene rings is 3. The molecule has 0 spiro atoms. The highest BCUT2D eigenvalue weighted by atomic mass is 16.5. The van der Waals surface area contributed by atoms with Crippen LogP contribution in [0.1, 0.15) is 81.3 Å². The van der Waals surface area contributed by atoms with Crippen LogP contribution in [0.25, 0.3) is 22.5 Å². The van der Waals surface area contributed by atoms with E-state index in [9.17, 15) is 9.90 Å². The second-order valence-electron chi connectivity index (χ2n) is 12.3. The Bertz CT molecular complexity index is 1490. The normalized spacial score (nSPS) is 12.0. The summed E-state index contributed by atoms with van der Waals surface area (Å²) in [5.41, 5.74) is 5.48. The first kappa shape index (κ1) is 32.5. The standard InChI is InChI=1S/C38H45N3O3/c1-6-7-8-9-10-23-44-34-21-17-29(18-22-34)32-25-39-36(40-26-32)30-13-11-28(12-14-30)24-35(27(2)42)41-37(43)31-15-19-33(20-16-31)38(3,4)5/h11-22,25-26,35,42H,2,6-10,23-24H2,1,3-5H3,(H,41,43)/t35-/m0/s1. The van der Waals surface area contributed by atoms with Crippen LogP contribution in [0.4, 0.5) is 0 Å². The fraction of sp³-hybridized carbons (Fsp3) is 0.342. The van der Waals surface area contributed by atoms with Crippen molar-refractivity contribution in [3.8, 4) is 28.3 Å². The van der Waals surface area contributed by atoms with Gasteiger partial charge in [-0.3, -0.25) is 4.79 Å². The van der Waals surface area contributed by atoms with Crippen LogP contribution in [-0.4, -0.2) is 33.6 Å². The van der Waals surface area contributed by atoms with Crippen LogP contribution in [0.3, 0.4) is 0 Å². The molecule has 1 atom stereocenters. The van der Waals surface area contributed by atoms with Gasteiger partial charge in [-0.05, 0) is 59.2 Å². The van der Waals surface area contributed by atoms with Gasteiger partial charge in [0.15, 0.2) is 5.82 Å². The minimum absolute atomic E-state index is 0.00484. The lowest BCUT2D eigenvalue weighted by Gasteiger charge is -2.20. The van der Waals surface area contributed by atoms with Crippen LogP contribution in [0, 0.1) is 0 Å². The molecule has 230 valence electrons. The molecule has 0 saturated heterocycles. The minimum Gasteiger partial charge on any atom is -0.511 e. The fourth-order valence-corrected chi connectivity index (χ4v) is 4.91. The Morgan fingerprint density at radius 1 is 0.841 bits per heavy atom. The van der Waals surface area contributed by atoms with E-state index in [2.05, 4.69) is 49.6 Å². The summed E-state index contributed by atoms with van der Waals surface area (Å²) in [6.07, 6.45) is 10.2. The number of aromatic nitrogens is 2. The van der Waals surface area contributed by atoms with Crippen LogP contribution >= 0.6 is 0 Å². The topological polar surface area (TPSA) is 84.3 Å². The van der Waals surface area contributed by atoms with Gasteiger partial charge in [0.05, 0.1) is 12.6 Å². The van der Waals surface area contributed by atoms with E-state index in [1.165, 1.54) is 25.7 Å². The SMILES string of the molecule is C=C(O)[C@H](Cc1ccc(-c2ncc(-c3ccc(OCCCCCCC)cc3)cn2)cc1)NC(=O)c1ccc(C(C)(C)C)cc1. The number of amides is 1. The number of carbonyl (C=O) groups is 1. The average molecular weight is 592 g/mol. The van der Waals surface area contributed by atoms with Crippen molar-refractivity contribution < 1.29 is 14.6 Å². The Labute approximate surface area is 262 Å². The van der Waals surface area contributed by atoms with Crippen molar-refractivity contribution in [2.24, 2.45) is 0 Å². The molecule has 6 nitrogen and oxygen atoms in total. The van der Waals surface area contributed by atoms with Crippen LogP contribution < -0.4 is 10.1 Å². The maximum absolute atomic E-state index is 12.9. The molecule has 0 aliphatic carbocycles. The molecule has 0 saturated carbocycles. The molecule has 0 fully saturated rings. The molecule has 4 aromatic rings. The van der Waals surface area contributed by atoms with Crippen molar-refractivity contribution in [1.82, 2.24) is 15.3 Å². The molecular weight excluding hydrogens is 546 g/mol. The smallest absolute Gasteiger partial charge is 0.251 e. The lowest BCUT2D eigenvalue weighted by atomic mass is 9.86. The Morgan fingerprint density at radius 3 is 2.05 bits per heavy atom. The van der Waals surface area contributed by atoms with E-state index in [1.807, 2.05) is 85.2 Å². The molecule has 1 amide bonds. The Morgan fingerprint density at radius 2 is 1.45 bits per heavy atom. The molecule has 0 aliphatic rings. The number of hydrogen-bond donors (Lipinski definition) is 2. The van der Waals surface area contributed by atoms with Crippen LogP contribution in [-0.2, 0) is 11.8 Å². The summed E-state index contributed by atoms with van der Waals surface area (Å²) in [5, 5.41) is 13.1. The van der Waals surface area contributed by atoms with Gasteiger partial charge in [0.1, 0.15) is 11.5 Å². The molecule has 1 aromatic heterocycles. The van der Waals surface area contributed by atoms with Crippen LogP contribution in [0.5, 0.6) is 5.75 Å². The highest BCUT2D eigenvalue weighted by molar-refractivity contribution is 5.94. The zero-order chi connectivity index (χ0) is 31.5. The van der Waals surface area contributed by atoms with Crippen molar-refractivity contribution in [3.63, 3.8) is 0 Å². The maximum atomic E-state index is 12.9. The van der Waals surface area contributed by atoms with E-state index >= 15 is 0 Å². The zero-order valence-corrected chi connectivity index (χ0v) is 26.5. The summed E-state index contributed by atoms with van der Waals surface area (Å²) in [4.78, 5) is 22.1. The quantitative estimate of drug-likeness (QED) is 0.113. The first-order chi connectivity index (χ1) is 21.1. The highest BCUT2D eigenvalue weighted by Gasteiger charge is 2.19. The van der Waals surface area contributed by atoms with E-state index in [0.29, 0.717) is 17.8 Å². The van der Waals surface area contributed by atoms with E-state index in [4.69, 9.17) is 4.74 Å². The number of aliphatic hydroxyl groups excluding tert-OH is 1. The molecule has 0 bridgehead atoms. The van der Waals surface area contributed by atoms with Gasteiger partial charge >= 0.3 is 0 Å². The lowest BCUT2D eigenvalue weighted by molar-refractivity contribution is 0.0933. The zero-order valence-electron chi connectivity index (χ0n) is 26.5. The Balaban J connectivity index is 1.32. The van der Waals surface area contributed by atoms with E-state index in [0.717, 1.165) is 46.6 Å². The molecule has 3 aromatic carbocycles. The van der Waals surface area contributed by atoms with Crippen molar-refractivity contribution in [2.75, 3.05) is 6.61 Å². The molecule has 0 aliphatic heterocycles. The van der Waals surface area contributed by atoms with Gasteiger partial charge < -0.3 is 15.2 Å². The highest BCUT2D eigenvalue weighted by Crippen LogP contribution is 2.25. The molecule has 2 N–H and O–H groups in total.